The van der Waals surface area contributed by atoms with Crippen LogP contribution in [-0.2, 0) is 11.3 Å². The third kappa shape index (κ3) is 2.52. The van der Waals surface area contributed by atoms with Crippen molar-refractivity contribution in [3.05, 3.63) is 35.9 Å². The second-order valence-corrected chi connectivity index (χ2v) is 5.70. The van der Waals surface area contributed by atoms with E-state index in [2.05, 4.69) is 40.1 Å². The molecule has 0 aromatic heterocycles. The van der Waals surface area contributed by atoms with Crippen LogP contribution in [0.3, 0.4) is 0 Å². The Kier molecular flexibility index (Phi) is 3.56. The number of carbonyl (C=O) groups is 1. The molecule has 0 N–H and O–H groups in total. The molecule has 2 fully saturated rings. The van der Waals surface area contributed by atoms with E-state index in [0.717, 1.165) is 19.6 Å². The summed E-state index contributed by atoms with van der Waals surface area (Å²) in [4.78, 5) is 16.5. The molecule has 0 aliphatic carbocycles. The van der Waals surface area contributed by atoms with Crippen LogP contribution in [0.25, 0.3) is 0 Å². The van der Waals surface area contributed by atoms with Crippen molar-refractivity contribution in [2.75, 3.05) is 13.1 Å². The Labute approximate surface area is 115 Å². The molecule has 0 saturated carbocycles. The second kappa shape index (κ2) is 5.33. The molecule has 3 rings (SSSR count). The zero-order valence-electron chi connectivity index (χ0n) is 11.6. The quantitative estimate of drug-likeness (QED) is 0.830. The number of piperazine rings is 1. The van der Waals surface area contributed by atoms with Gasteiger partial charge in [0, 0.05) is 38.1 Å². The monoisotopic (exact) mass is 258 g/mol. The van der Waals surface area contributed by atoms with Gasteiger partial charge in [0.1, 0.15) is 0 Å². The molecule has 0 radical (unpaired) electrons. The summed E-state index contributed by atoms with van der Waals surface area (Å²) in [5, 5.41) is 0. The largest absolute Gasteiger partial charge is 0.340 e. The van der Waals surface area contributed by atoms with Crippen LogP contribution in [0.2, 0.25) is 0 Å². The maximum atomic E-state index is 11.9. The van der Waals surface area contributed by atoms with E-state index < -0.39 is 0 Å². The minimum absolute atomic E-state index is 0.316. The standard InChI is InChI=1S/C16H22N2O/c1-2-16(19)17-11-14-8-9-15(12-17)18(14)10-13-6-4-3-5-7-13/h3-7,14-15H,2,8-12H2,1H3/t14-,15+. The van der Waals surface area contributed by atoms with Gasteiger partial charge in [0.05, 0.1) is 0 Å². The maximum absolute atomic E-state index is 11.9. The first kappa shape index (κ1) is 12.7. The van der Waals surface area contributed by atoms with Gasteiger partial charge in [0.25, 0.3) is 0 Å². The minimum Gasteiger partial charge on any atom is -0.340 e. The Morgan fingerprint density at radius 3 is 2.37 bits per heavy atom. The fourth-order valence-corrected chi connectivity index (χ4v) is 3.47. The van der Waals surface area contributed by atoms with Gasteiger partial charge in [-0.25, -0.2) is 0 Å². The highest BCUT2D eigenvalue weighted by Gasteiger charge is 2.40. The number of rotatable bonds is 3. The number of amides is 1. The van der Waals surface area contributed by atoms with Gasteiger partial charge in [0.2, 0.25) is 5.91 Å². The predicted octanol–water partition coefficient (Wildman–Crippen LogP) is 2.27. The molecule has 2 heterocycles. The Hall–Kier alpha value is -1.35. The van der Waals surface area contributed by atoms with E-state index in [9.17, 15) is 4.79 Å². The van der Waals surface area contributed by atoms with Crippen molar-refractivity contribution in [2.45, 2.75) is 44.8 Å². The van der Waals surface area contributed by atoms with Crippen molar-refractivity contribution in [1.82, 2.24) is 9.80 Å². The smallest absolute Gasteiger partial charge is 0.222 e. The Bertz CT molecular complexity index is 431. The molecule has 3 heteroatoms. The summed E-state index contributed by atoms with van der Waals surface area (Å²) in [5.74, 6) is 0.316. The van der Waals surface area contributed by atoms with Crippen molar-refractivity contribution in [2.24, 2.45) is 0 Å². The zero-order valence-corrected chi connectivity index (χ0v) is 11.6. The van der Waals surface area contributed by atoms with Crippen LogP contribution in [0.5, 0.6) is 0 Å². The second-order valence-electron chi connectivity index (χ2n) is 5.70. The van der Waals surface area contributed by atoms with Crippen LogP contribution in [0.1, 0.15) is 31.7 Å². The van der Waals surface area contributed by atoms with Crippen molar-refractivity contribution < 1.29 is 4.79 Å². The zero-order chi connectivity index (χ0) is 13.2. The van der Waals surface area contributed by atoms with Gasteiger partial charge in [-0.2, -0.15) is 0 Å². The van der Waals surface area contributed by atoms with Crippen LogP contribution in [-0.4, -0.2) is 40.9 Å². The fourth-order valence-electron chi connectivity index (χ4n) is 3.47. The lowest BCUT2D eigenvalue weighted by atomic mass is 10.1. The van der Waals surface area contributed by atoms with Crippen LogP contribution in [0.15, 0.2) is 30.3 Å². The van der Waals surface area contributed by atoms with Crippen LogP contribution < -0.4 is 0 Å². The molecule has 1 aromatic rings. The molecule has 102 valence electrons. The summed E-state index contributed by atoms with van der Waals surface area (Å²) in [6.45, 7) is 4.84. The average Bonchev–Trinajstić information content (AvgIpc) is 2.69. The number of likely N-dealkylation sites (tertiary alicyclic amines) is 1. The van der Waals surface area contributed by atoms with Crippen LogP contribution in [0, 0.1) is 0 Å². The van der Waals surface area contributed by atoms with Crippen molar-refractivity contribution >= 4 is 5.91 Å². The fraction of sp³-hybridized carbons (Fsp3) is 0.562. The summed E-state index contributed by atoms with van der Waals surface area (Å²) in [6.07, 6.45) is 3.12. The van der Waals surface area contributed by atoms with E-state index >= 15 is 0 Å². The molecular formula is C16H22N2O. The van der Waals surface area contributed by atoms with Crippen molar-refractivity contribution in [3.63, 3.8) is 0 Å². The Balaban J connectivity index is 1.68. The highest BCUT2D eigenvalue weighted by Crippen LogP contribution is 2.31. The first-order valence-electron chi connectivity index (χ1n) is 7.35. The highest BCUT2D eigenvalue weighted by molar-refractivity contribution is 5.76. The number of hydrogen-bond donors (Lipinski definition) is 0. The van der Waals surface area contributed by atoms with E-state index in [-0.39, 0.29) is 0 Å². The molecule has 3 nitrogen and oxygen atoms in total. The molecule has 0 spiro atoms. The molecule has 2 saturated heterocycles. The van der Waals surface area contributed by atoms with Crippen LogP contribution >= 0.6 is 0 Å². The maximum Gasteiger partial charge on any atom is 0.222 e. The molecule has 1 aromatic carbocycles. The molecule has 2 atom stereocenters. The molecular weight excluding hydrogens is 236 g/mol. The number of benzene rings is 1. The lowest BCUT2D eigenvalue weighted by Gasteiger charge is -2.41. The first-order chi connectivity index (χ1) is 9.28. The van der Waals surface area contributed by atoms with Gasteiger partial charge in [-0.3, -0.25) is 9.69 Å². The van der Waals surface area contributed by atoms with Crippen molar-refractivity contribution in [1.29, 1.82) is 0 Å². The van der Waals surface area contributed by atoms with Gasteiger partial charge in [-0.15, -0.1) is 0 Å². The lowest BCUT2D eigenvalue weighted by molar-refractivity contribution is -0.134. The predicted molar refractivity (Wildman–Crippen MR) is 75.7 cm³/mol. The summed E-state index contributed by atoms with van der Waals surface area (Å²) in [6, 6.07) is 11.8. The summed E-state index contributed by atoms with van der Waals surface area (Å²) < 4.78 is 0. The van der Waals surface area contributed by atoms with Gasteiger partial charge >= 0.3 is 0 Å². The number of fused-ring (bicyclic) bond motifs is 2. The third-order valence-corrected chi connectivity index (χ3v) is 4.50. The average molecular weight is 258 g/mol. The number of hydrogen-bond acceptors (Lipinski definition) is 2. The summed E-state index contributed by atoms with van der Waals surface area (Å²) in [5.41, 5.74) is 1.38. The number of carbonyl (C=O) groups excluding carboxylic acids is 1. The normalized spacial score (nSPS) is 26.7. The molecule has 0 unspecified atom stereocenters. The minimum atomic E-state index is 0.316. The van der Waals surface area contributed by atoms with E-state index in [0.29, 0.717) is 24.4 Å². The highest BCUT2D eigenvalue weighted by atomic mass is 16.2. The molecule has 19 heavy (non-hydrogen) atoms. The Morgan fingerprint density at radius 1 is 1.16 bits per heavy atom. The first-order valence-corrected chi connectivity index (χ1v) is 7.35. The lowest BCUT2D eigenvalue weighted by Crippen LogP contribution is -2.54. The third-order valence-electron chi connectivity index (χ3n) is 4.50. The number of nitrogens with zero attached hydrogens (tertiary/aromatic N) is 2. The van der Waals surface area contributed by atoms with Gasteiger partial charge in [-0.05, 0) is 18.4 Å². The molecule has 2 aliphatic rings. The van der Waals surface area contributed by atoms with E-state index in [4.69, 9.17) is 0 Å². The van der Waals surface area contributed by atoms with Gasteiger partial charge in [-0.1, -0.05) is 37.3 Å². The molecule has 2 aliphatic heterocycles. The SMILES string of the molecule is CCC(=O)N1C[C@H]2CC[C@@H](C1)N2Cc1ccccc1. The van der Waals surface area contributed by atoms with Crippen molar-refractivity contribution in [3.8, 4) is 0 Å². The van der Waals surface area contributed by atoms with Gasteiger partial charge < -0.3 is 4.90 Å². The van der Waals surface area contributed by atoms with E-state index in [1.165, 1.54) is 18.4 Å². The summed E-state index contributed by atoms with van der Waals surface area (Å²) in [7, 11) is 0. The molecule has 1 amide bonds. The van der Waals surface area contributed by atoms with Crippen LogP contribution in [0.4, 0.5) is 0 Å². The Morgan fingerprint density at radius 2 is 1.79 bits per heavy atom. The van der Waals surface area contributed by atoms with E-state index in [1.54, 1.807) is 0 Å². The topological polar surface area (TPSA) is 23.6 Å². The molecule has 2 bridgehead atoms. The van der Waals surface area contributed by atoms with E-state index in [1.807, 2.05) is 6.92 Å². The summed E-state index contributed by atoms with van der Waals surface area (Å²) >= 11 is 0. The van der Waals surface area contributed by atoms with Gasteiger partial charge in [0.15, 0.2) is 0 Å².